The number of aromatic nitrogens is 1. The van der Waals surface area contributed by atoms with E-state index in [2.05, 4.69) is 158 Å². The van der Waals surface area contributed by atoms with Crippen molar-refractivity contribution in [3.63, 3.8) is 0 Å². The maximum Gasteiger partial charge on any atom is 0.124 e. The lowest BCUT2D eigenvalue weighted by atomic mass is 10.0. The van der Waals surface area contributed by atoms with Gasteiger partial charge in [0, 0.05) is 34.8 Å². The van der Waals surface area contributed by atoms with Crippen LogP contribution in [0.5, 0.6) is 0 Å². The van der Waals surface area contributed by atoms with E-state index in [0.29, 0.717) is 5.84 Å². The van der Waals surface area contributed by atoms with E-state index in [1.165, 1.54) is 41.5 Å². The number of aryl methyl sites for hydroxylation is 1. The summed E-state index contributed by atoms with van der Waals surface area (Å²) in [5, 5.41) is 11.3. The normalized spacial score (nSPS) is 9.46. The number of nitrogens with two attached hydrogens (primary N) is 2. The van der Waals surface area contributed by atoms with Gasteiger partial charge in [0.1, 0.15) is 5.84 Å². The van der Waals surface area contributed by atoms with E-state index >= 15 is 0 Å². The molecule has 0 aliphatic heterocycles. The number of likely N-dealkylation sites (N-methyl/N-ethyl adjacent to an activating group) is 1. The lowest BCUT2D eigenvalue weighted by Crippen LogP contribution is -2.24. The molecule has 5 heteroatoms. The summed E-state index contributed by atoms with van der Waals surface area (Å²) in [4.78, 5) is 1.93. The second kappa shape index (κ2) is 29.7. The first kappa shape index (κ1) is 50.5. The van der Waals surface area contributed by atoms with E-state index in [0.717, 1.165) is 40.0 Å². The molecule has 308 valence electrons. The highest BCUT2D eigenvalue weighted by atomic mass is 15.1. The monoisotopic (exact) mass is 786 g/mol. The number of hydrogen-bond donors (Lipinski definition) is 3. The first-order valence-electron chi connectivity index (χ1n) is 20.0. The van der Waals surface area contributed by atoms with Crippen molar-refractivity contribution in [1.82, 2.24) is 4.57 Å². The SMILES string of the molecule is C=C(/C=C\C(=N)N(C)c1ccccc1-c1ccc2c3ccccc3n(-c3ccccc3)c2c1)Cc1ccccc1.C=CC.C=CC.CC.CN.CN.Cc1ccccc1. The van der Waals surface area contributed by atoms with Crippen molar-refractivity contribution in [3.8, 4) is 16.8 Å². The zero-order valence-electron chi connectivity index (χ0n) is 36.7. The van der Waals surface area contributed by atoms with Crippen LogP contribution in [0.3, 0.4) is 0 Å². The molecule has 0 aliphatic rings. The molecule has 7 rings (SSSR count). The van der Waals surface area contributed by atoms with Crippen LogP contribution in [0.25, 0.3) is 38.6 Å². The smallest absolute Gasteiger partial charge is 0.124 e. The number of amidine groups is 1. The van der Waals surface area contributed by atoms with Crippen LogP contribution in [-0.4, -0.2) is 31.5 Å². The summed E-state index contributed by atoms with van der Waals surface area (Å²) in [6.45, 7) is 20.8. The average Bonchev–Trinajstić information content (AvgIpc) is 3.63. The number of para-hydroxylation sites is 3. The van der Waals surface area contributed by atoms with Crippen molar-refractivity contribution in [3.05, 3.63) is 218 Å². The van der Waals surface area contributed by atoms with E-state index in [1.807, 2.05) is 94.3 Å². The van der Waals surface area contributed by atoms with Crippen molar-refractivity contribution in [2.45, 2.75) is 41.0 Å². The van der Waals surface area contributed by atoms with Gasteiger partial charge in [0.2, 0.25) is 0 Å². The fourth-order valence-electron chi connectivity index (χ4n) is 5.89. The third-order valence-electron chi connectivity index (χ3n) is 8.32. The summed E-state index contributed by atoms with van der Waals surface area (Å²) in [7, 11) is 4.95. The quantitative estimate of drug-likeness (QED) is 0.0651. The Hall–Kier alpha value is -6.53. The Morgan fingerprint density at radius 1 is 0.627 bits per heavy atom. The molecule has 0 atom stereocenters. The predicted molar refractivity (Wildman–Crippen MR) is 265 cm³/mol. The number of anilines is 1. The van der Waals surface area contributed by atoms with Crippen molar-refractivity contribution < 1.29 is 0 Å². The van der Waals surface area contributed by atoms with Gasteiger partial charge in [-0.2, -0.15) is 0 Å². The summed E-state index contributed by atoms with van der Waals surface area (Å²) >= 11 is 0. The Kier molecular flexibility index (Phi) is 25.4. The Labute approximate surface area is 355 Å². The minimum Gasteiger partial charge on any atom is -0.333 e. The maximum absolute atomic E-state index is 8.81. The zero-order valence-corrected chi connectivity index (χ0v) is 36.7. The lowest BCUT2D eigenvalue weighted by molar-refractivity contribution is 1.18. The van der Waals surface area contributed by atoms with Gasteiger partial charge < -0.3 is 20.9 Å². The molecule has 0 aliphatic carbocycles. The molecule has 5 N–H and O–H groups in total. The molecule has 0 fully saturated rings. The molecule has 0 unspecified atom stereocenters. The van der Waals surface area contributed by atoms with Crippen LogP contribution in [0, 0.1) is 12.3 Å². The number of benzene rings is 6. The van der Waals surface area contributed by atoms with Crippen molar-refractivity contribution in [1.29, 1.82) is 5.41 Å². The van der Waals surface area contributed by atoms with Crippen molar-refractivity contribution in [2.24, 2.45) is 11.5 Å². The van der Waals surface area contributed by atoms with Gasteiger partial charge in [-0.05, 0) is 88.8 Å². The molecule has 59 heavy (non-hydrogen) atoms. The number of hydrogen-bond acceptors (Lipinski definition) is 3. The van der Waals surface area contributed by atoms with Crippen LogP contribution < -0.4 is 16.4 Å². The molecule has 0 saturated carbocycles. The fourth-order valence-corrected chi connectivity index (χ4v) is 5.89. The summed E-state index contributed by atoms with van der Waals surface area (Å²) < 4.78 is 2.34. The highest BCUT2D eigenvalue weighted by molar-refractivity contribution is 6.11. The van der Waals surface area contributed by atoms with Crippen molar-refractivity contribution in [2.75, 3.05) is 26.0 Å². The minimum atomic E-state index is 0.404. The van der Waals surface area contributed by atoms with Crippen LogP contribution in [0.15, 0.2) is 207 Å². The summed E-state index contributed by atoms with van der Waals surface area (Å²) in [6, 6.07) is 54.6. The van der Waals surface area contributed by atoms with E-state index < -0.39 is 0 Å². The molecule has 1 aromatic heterocycles. The van der Waals surface area contributed by atoms with Crippen LogP contribution in [0.1, 0.15) is 38.8 Å². The molecule has 6 aromatic carbocycles. The Morgan fingerprint density at radius 3 is 1.66 bits per heavy atom. The number of nitrogens with zero attached hydrogens (tertiary/aromatic N) is 2. The number of rotatable bonds is 7. The molecule has 0 amide bonds. The molecular weight excluding hydrogens is 719 g/mol. The summed E-state index contributed by atoms with van der Waals surface area (Å²) in [5.74, 6) is 0.404. The van der Waals surface area contributed by atoms with Gasteiger partial charge in [0.05, 0.1) is 11.0 Å². The molecule has 1 heterocycles. The molecule has 7 aromatic rings. The lowest BCUT2D eigenvalue weighted by Gasteiger charge is -2.22. The van der Waals surface area contributed by atoms with Crippen LogP contribution in [0.2, 0.25) is 0 Å². The van der Waals surface area contributed by atoms with Gasteiger partial charge in [0.25, 0.3) is 0 Å². The van der Waals surface area contributed by atoms with Gasteiger partial charge in [-0.3, -0.25) is 5.41 Å². The molecule has 5 nitrogen and oxygen atoms in total. The van der Waals surface area contributed by atoms with Crippen LogP contribution >= 0.6 is 0 Å². The van der Waals surface area contributed by atoms with Gasteiger partial charge in [0.15, 0.2) is 0 Å². The predicted octanol–water partition coefficient (Wildman–Crippen LogP) is 13.8. The van der Waals surface area contributed by atoms with E-state index in [1.54, 1.807) is 12.2 Å². The Morgan fingerprint density at radius 2 is 1.10 bits per heavy atom. The average molecular weight is 786 g/mol. The zero-order chi connectivity index (χ0) is 44.0. The largest absolute Gasteiger partial charge is 0.333 e. The molecule has 0 spiro atoms. The number of allylic oxidation sites excluding steroid dienone is 4. The first-order chi connectivity index (χ1) is 28.8. The first-order valence-corrected chi connectivity index (χ1v) is 20.0. The highest BCUT2D eigenvalue weighted by Gasteiger charge is 2.16. The van der Waals surface area contributed by atoms with Gasteiger partial charge >= 0.3 is 0 Å². The molecule has 0 bridgehead atoms. The maximum atomic E-state index is 8.81. The van der Waals surface area contributed by atoms with E-state index in [-0.39, 0.29) is 0 Å². The third-order valence-corrected chi connectivity index (χ3v) is 8.32. The second-order valence-corrected chi connectivity index (χ2v) is 12.5. The molecule has 0 saturated heterocycles. The third kappa shape index (κ3) is 15.7. The van der Waals surface area contributed by atoms with Crippen molar-refractivity contribution >= 4 is 33.3 Å². The minimum absolute atomic E-state index is 0.404. The van der Waals surface area contributed by atoms with E-state index in [4.69, 9.17) is 5.41 Å². The van der Waals surface area contributed by atoms with Crippen LogP contribution in [-0.2, 0) is 6.42 Å². The van der Waals surface area contributed by atoms with E-state index in [9.17, 15) is 0 Å². The number of fused-ring (bicyclic) bond motifs is 3. The molecule has 0 radical (unpaired) electrons. The van der Waals surface area contributed by atoms with Gasteiger partial charge in [-0.1, -0.05) is 177 Å². The van der Waals surface area contributed by atoms with Gasteiger partial charge in [-0.15, -0.1) is 13.2 Å². The topological polar surface area (TPSA) is 84.1 Å². The highest BCUT2D eigenvalue weighted by Crippen LogP contribution is 2.37. The standard InChI is InChI=1S/C37H31N3.C7H8.2C3H6.C2H6.2CH5N/c1-27(25-28-13-5-3-6-14-28)21-24-37(38)39(2)34-19-11-9-17-31(34)29-22-23-33-32-18-10-12-20-35(32)40(36(33)26-29)30-15-7-4-8-16-30;1-7-5-3-2-4-6-7;2*1-3-2;3*1-2/h3-24,26,38H,1,25H2,2H3;2-6H,1H3;2*3H,1H2,2H3;1-2H3;2*2H2,1H3/b24-21-,38-37?;;;;;;. The second-order valence-electron chi connectivity index (χ2n) is 12.5. The summed E-state index contributed by atoms with van der Waals surface area (Å²) in [5.41, 5.74) is 19.2. The Bertz CT molecular complexity index is 2260. The Balaban J connectivity index is 0.000000775. The number of nitrogens with one attached hydrogen (secondary N) is 1. The molecular formula is C54H67N5. The van der Waals surface area contributed by atoms with Gasteiger partial charge in [-0.25, -0.2) is 0 Å². The van der Waals surface area contributed by atoms with Crippen LogP contribution in [0.4, 0.5) is 5.69 Å². The fraction of sp³-hybridized carbons (Fsp3) is 0.167. The summed E-state index contributed by atoms with van der Waals surface area (Å²) in [6.07, 6.45) is 8.04.